The number of thioether (sulfide) groups is 1. The lowest BCUT2D eigenvalue weighted by Crippen LogP contribution is -2.48. The molecule has 3 unspecified atom stereocenters. The van der Waals surface area contributed by atoms with Crippen LogP contribution < -0.4 is 5.73 Å². The van der Waals surface area contributed by atoms with Gasteiger partial charge in [-0.2, -0.15) is 11.8 Å². The van der Waals surface area contributed by atoms with Gasteiger partial charge in [-0.05, 0) is 32.9 Å². The van der Waals surface area contributed by atoms with Gasteiger partial charge >= 0.3 is 5.97 Å². The molecule has 21 heavy (non-hydrogen) atoms. The van der Waals surface area contributed by atoms with E-state index in [-0.39, 0.29) is 24.1 Å². The normalized spacial score (nSPS) is 23.7. The summed E-state index contributed by atoms with van der Waals surface area (Å²) in [6, 6.07) is -0.601. The lowest BCUT2D eigenvalue weighted by molar-refractivity contribution is -0.144. The Hall–Kier alpha value is -0.790. The van der Waals surface area contributed by atoms with Gasteiger partial charge in [0.1, 0.15) is 6.04 Å². The molecule has 1 aliphatic rings. The van der Waals surface area contributed by atoms with Crippen molar-refractivity contribution in [3.8, 4) is 0 Å². The maximum atomic E-state index is 12.1. The van der Waals surface area contributed by atoms with Crippen LogP contribution in [0.1, 0.15) is 27.2 Å². The number of esters is 1. The molecule has 2 N–H and O–H groups in total. The predicted octanol–water partition coefficient (Wildman–Crippen LogP) is 0.636. The summed E-state index contributed by atoms with van der Waals surface area (Å²) in [5, 5.41) is 0. The predicted molar refractivity (Wildman–Crippen MR) is 83.1 cm³/mol. The summed E-state index contributed by atoms with van der Waals surface area (Å²) in [6.07, 6.45) is 0.687. The van der Waals surface area contributed by atoms with Crippen molar-refractivity contribution in [2.24, 2.45) is 5.73 Å². The minimum absolute atomic E-state index is 0.0833. The van der Waals surface area contributed by atoms with Crippen LogP contribution in [0.5, 0.6) is 0 Å². The first-order valence-corrected chi connectivity index (χ1v) is 8.52. The third-order valence-corrected chi connectivity index (χ3v) is 4.14. The zero-order valence-electron chi connectivity index (χ0n) is 13.0. The molecule has 0 radical (unpaired) electrons. The summed E-state index contributed by atoms with van der Waals surface area (Å²) in [7, 11) is 0. The van der Waals surface area contributed by atoms with Gasteiger partial charge in [-0.1, -0.05) is 0 Å². The molecule has 122 valence electrons. The molecule has 1 fully saturated rings. The van der Waals surface area contributed by atoms with Crippen molar-refractivity contribution in [1.29, 1.82) is 0 Å². The Bertz CT molecular complexity index is 344. The number of nitrogens with two attached hydrogens (primary N) is 1. The fraction of sp³-hybridized carbons (Fsp3) is 0.857. The number of morpholine rings is 1. The quantitative estimate of drug-likeness (QED) is 0.548. The van der Waals surface area contributed by atoms with Crippen LogP contribution in [0, 0.1) is 0 Å². The molecule has 0 aromatic heterocycles. The highest BCUT2D eigenvalue weighted by molar-refractivity contribution is 7.99. The molecule has 6 nitrogen and oxygen atoms in total. The van der Waals surface area contributed by atoms with E-state index in [1.165, 1.54) is 11.8 Å². The van der Waals surface area contributed by atoms with E-state index in [0.717, 1.165) is 0 Å². The van der Waals surface area contributed by atoms with Crippen LogP contribution in [0.3, 0.4) is 0 Å². The van der Waals surface area contributed by atoms with E-state index < -0.39 is 6.04 Å². The largest absolute Gasteiger partial charge is 0.465 e. The molecule has 1 saturated heterocycles. The van der Waals surface area contributed by atoms with E-state index in [2.05, 4.69) is 0 Å². The highest BCUT2D eigenvalue weighted by Gasteiger charge is 2.25. The first-order valence-electron chi connectivity index (χ1n) is 7.37. The van der Waals surface area contributed by atoms with Crippen molar-refractivity contribution in [3.05, 3.63) is 0 Å². The number of carbonyl (C=O) groups excluding carboxylic acids is 2. The van der Waals surface area contributed by atoms with E-state index in [1.807, 2.05) is 18.7 Å². The molecule has 3 atom stereocenters. The average Bonchev–Trinajstić information content (AvgIpc) is 2.42. The summed E-state index contributed by atoms with van der Waals surface area (Å²) in [4.78, 5) is 25.3. The summed E-state index contributed by atoms with van der Waals surface area (Å²) in [5.41, 5.74) is 5.70. The van der Waals surface area contributed by atoms with Crippen LogP contribution in [0.25, 0.3) is 0 Å². The van der Waals surface area contributed by atoms with Crippen LogP contribution in [0.4, 0.5) is 0 Å². The van der Waals surface area contributed by atoms with Crippen LogP contribution in [0.2, 0.25) is 0 Å². The maximum Gasteiger partial charge on any atom is 0.322 e. The highest BCUT2D eigenvalue weighted by Crippen LogP contribution is 2.13. The third-order valence-electron chi connectivity index (χ3n) is 3.16. The van der Waals surface area contributed by atoms with Crippen LogP contribution in [-0.2, 0) is 19.1 Å². The minimum Gasteiger partial charge on any atom is -0.465 e. The summed E-state index contributed by atoms with van der Waals surface area (Å²) < 4.78 is 10.4. The molecular weight excluding hydrogens is 292 g/mol. The molecule has 0 aliphatic carbocycles. The second-order valence-electron chi connectivity index (χ2n) is 5.26. The minimum atomic E-state index is -0.601. The number of carbonyl (C=O) groups is 2. The van der Waals surface area contributed by atoms with Gasteiger partial charge < -0.3 is 20.1 Å². The third kappa shape index (κ3) is 6.67. The second-order valence-corrected chi connectivity index (χ2v) is 6.36. The van der Waals surface area contributed by atoms with E-state index in [4.69, 9.17) is 15.2 Å². The average molecular weight is 318 g/mol. The molecule has 7 heteroatoms. The first-order chi connectivity index (χ1) is 9.93. The molecule has 1 rings (SSSR count). The van der Waals surface area contributed by atoms with Crippen molar-refractivity contribution in [2.75, 3.05) is 31.2 Å². The molecule has 1 amide bonds. The van der Waals surface area contributed by atoms with Gasteiger partial charge in [0.25, 0.3) is 0 Å². The van der Waals surface area contributed by atoms with Crippen LogP contribution >= 0.6 is 11.8 Å². The second kappa shape index (κ2) is 9.27. The standard InChI is InChI=1S/C14H26N2O4S/c1-4-19-14(18)12(15)5-6-21-9-13(17)16-7-10(2)20-11(3)8-16/h10-12H,4-9,15H2,1-3H3. The Morgan fingerprint density at radius 2 is 2.00 bits per heavy atom. The van der Waals surface area contributed by atoms with E-state index >= 15 is 0 Å². The van der Waals surface area contributed by atoms with Gasteiger partial charge in [-0.25, -0.2) is 0 Å². The van der Waals surface area contributed by atoms with E-state index in [1.54, 1.807) is 6.92 Å². The Labute approximate surface area is 130 Å². The maximum absolute atomic E-state index is 12.1. The topological polar surface area (TPSA) is 81.9 Å². The Kier molecular flexibility index (Phi) is 8.06. The van der Waals surface area contributed by atoms with Crippen LogP contribution in [0.15, 0.2) is 0 Å². The van der Waals surface area contributed by atoms with Crippen molar-refractivity contribution >= 4 is 23.6 Å². The van der Waals surface area contributed by atoms with E-state index in [9.17, 15) is 9.59 Å². The highest BCUT2D eigenvalue weighted by atomic mass is 32.2. The molecule has 0 aromatic rings. The van der Waals surface area contributed by atoms with Gasteiger partial charge in [0.15, 0.2) is 0 Å². The number of rotatable bonds is 7. The number of ether oxygens (including phenoxy) is 2. The fourth-order valence-electron chi connectivity index (χ4n) is 2.21. The number of hydrogen-bond donors (Lipinski definition) is 1. The lowest BCUT2D eigenvalue weighted by Gasteiger charge is -2.35. The summed E-state index contributed by atoms with van der Waals surface area (Å²) in [5.74, 6) is 0.822. The Morgan fingerprint density at radius 1 is 1.38 bits per heavy atom. The lowest BCUT2D eigenvalue weighted by atomic mass is 10.2. The fourth-order valence-corrected chi connectivity index (χ4v) is 3.13. The Morgan fingerprint density at radius 3 is 2.57 bits per heavy atom. The zero-order chi connectivity index (χ0) is 15.8. The van der Waals surface area contributed by atoms with Gasteiger partial charge in [-0.15, -0.1) is 0 Å². The van der Waals surface area contributed by atoms with Crippen molar-refractivity contribution in [3.63, 3.8) is 0 Å². The van der Waals surface area contributed by atoms with Crippen molar-refractivity contribution in [1.82, 2.24) is 4.90 Å². The number of hydrogen-bond acceptors (Lipinski definition) is 6. The van der Waals surface area contributed by atoms with Gasteiger partial charge in [0.2, 0.25) is 5.91 Å². The van der Waals surface area contributed by atoms with Crippen LogP contribution in [-0.4, -0.2) is 66.2 Å². The van der Waals surface area contributed by atoms with Gasteiger partial charge in [0, 0.05) is 13.1 Å². The summed E-state index contributed by atoms with van der Waals surface area (Å²) >= 11 is 1.50. The first kappa shape index (κ1) is 18.3. The SMILES string of the molecule is CCOC(=O)C(N)CCSCC(=O)N1CC(C)OC(C)C1. The molecule has 1 heterocycles. The molecular formula is C14H26N2O4S. The molecule has 0 spiro atoms. The Balaban J connectivity index is 2.20. The monoisotopic (exact) mass is 318 g/mol. The van der Waals surface area contributed by atoms with Crippen molar-refractivity contribution < 1.29 is 19.1 Å². The van der Waals surface area contributed by atoms with Gasteiger partial charge in [0.05, 0.1) is 24.6 Å². The van der Waals surface area contributed by atoms with Crippen molar-refractivity contribution in [2.45, 2.75) is 45.4 Å². The zero-order valence-corrected chi connectivity index (χ0v) is 13.9. The summed E-state index contributed by atoms with van der Waals surface area (Å²) in [6.45, 7) is 7.33. The molecule has 0 saturated carbocycles. The molecule has 1 aliphatic heterocycles. The van der Waals surface area contributed by atoms with Gasteiger partial charge in [-0.3, -0.25) is 9.59 Å². The number of nitrogens with zero attached hydrogens (tertiary/aromatic N) is 1. The van der Waals surface area contributed by atoms with E-state index in [0.29, 0.717) is 37.6 Å². The smallest absolute Gasteiger partial charge is 0.322 e. The molecule has 0 bridgehead atoms. The number of amides is 1. The molecule has 0 aromatic carbocycles.